The second-order valence-electron chi connectivity index (χ2n) is 6.89. The van der Waals surface area contributed by atoms with E-state index in [2.05, 4.69) is 25.0 Å². The van der Waals surface area contributed by atoms with Gasteiger partial charge in [-0.2, -0.15) is 5.10 Å². The third kappa shape index (κ3) is 3.27. The number of H-pyrrole nitrogens is 1. The Morgan fingerprint density at radius 2 is 2.15 bits per heavy atom. The van der Waals surface area contributed by atoms with Gasteiger partial charge in [0.05, 0.1) is 40.8 Å². The van der Waals surface area contributed by atoms with E-state index in [-0.39, 0.29) is 6.10 Å². The van der Waals surface area contributed by atoms with Crippen LogP contribution in [0.25, 0.3) is 22.6 Å². The topological polar surface area (TPSA) is 109 Å². The quantitative estimate of drug-likeness (QED) is 0.644. The lowest BCUT2D eigenvalue weighted by Gasteiger charge is -2.32. The maximum atomic E-state index is 9.52. The number of hydrogen-bond donors (Lipinski definition) is 3. The molecule has 0 aliphatic carbocycles. The fourth-order valence-corrected chi connectivity index (χ4v) is 3.63. The number of piperidine rings is 1. The maximum Gasteiger partial charge on any atom is 0.180 e. The molecule has 0 aromatic carbocycles. The fraction of sp³-hybridized carbons (Fsp3) is 0.471. The number of nitrogens with two attached hydrogens (primary N) is 1. The Morgan fingerprint density at radius 1 is 1.38 bits per heavy atom. The standard InChI is InChI=1S/C17H22ClN7O/c1-10(26)8-24-4-2-12(3-5-24)25-9-11(6-21-25)16-22-15-14(19)13(18)7-20-17(15)23-16/h6-7,9-10,12,26H,2-5,8H2,1H3,(H3,19,20,22,23). The van der Waals surface area contributed by atoms with E-state index in [1.165, 1.54) is 6.20 Å². The number of aliphatic hydroxyl groups excluding tert-OH is 1. The summed E-state index contributed by atoms with van der Waals surface area (Å²) in [7, 11) is 0. The summed E-state index contributed by atoms with van der Waals surface area (Å²) >= 11 is 6.02. The highest BCUT2D eigenvalue weighted by Gasteiger charge is 2.22. The number of likely N-dealkylation sites (tertiary alicyclic amines) is 1. The first-order valence-corrected chi connectivity index (χ1v) is 9.13. The number of pyridine rings is 1. The van der Waals surface area contributed by atoms with Gasteiger partial charge in [-0.1, -0.05) is 11.6 Å². The van der Waals surface area contributed by atoms with Crippen molar-refractivity contribution in [2.24, 2.45) is 0 Å². The van der Waals surface area contributed by atoms with Crippen LogP contribution in [-0.2, 0) is 0 Å². The molecule has 0 saturated carbocycles. The molecule has 1 saturated heterocycles. The molecule has 1 aliphatic rings. The molecule has 3 aromatic heterocycles. The van der Waals surface area contributed by atoms with Crippen LogP contribution in [0.2, 0.25) is 5.02 Å². The summed E-state index contributed by atoms with van der Waals surface area (Å²) in [4.78, 5) is 14.2. The Bertz CT molecular complexity index is 911. The van der Waals surface area contributed by atoms with E-state index in [0.29, 0.717) is 33.7 Å². The smallest absolute Gasteiger partial charge is 0.180 e. The highest BCUT2D eigenvalue weighted by molar-refractivity contribution is 6.34. The second kappa shape index (κ2) is 6.86. The molecule has 26 heavy (non-hydrogen) atoms. The van der Waals surface area contributed by atoms with Gasteiger partial charge in [-0.3, -0.25) is 4.68 Å². The predicted octanol–water partition coefficient (Wildman–Crippen LogP) is 2.07. The van der Waals surface area contributed by atoms with E-state index in [1.807, 2.05) is 17.8 Å². The third-order valence-electron chi connectivity index (χ3n) is 4.84. The SMILES string of the molecule is CC(O)CN1CCC(n2cc(-c3nc4ncc(Cl)c(N)c4[nH]3)cn2)CC1. The highest BCUT2D eigenvalue weighted by atomic mass is 35.5. The van der Waals surface area contributed by atoms with Gasteiger partial charge in [-0.05, 0) is 19.8 Å². The summed E-state index contributed by atoms with van der Waals surface area (Å²) in [5, 5.41) is 14.5. The molecular formula is C17H22ClN7O. The average molecular weight is 376 g/mol. The van der Waals surface area contributed by atoms with Crippen molar-refractivity contribution in [3.05, 3.63) is 23.6 Å². The summed E-state index contributed by atoms with van der Waals surface area (Å²) in [5.41, 5.74) is 8.53. The summed E-state index contributed by atoms with van der Waals surface area (Å²) < 4.78 is 2.01. The molecule has 0 spiro atoms. The zero-order valence-electron chi connectivity index (χ0n) is 14.6. The maximum absolute atomic E-state index is 9.52. The van der Waals surface area contributed by atoms with Crippen molar-refractivity contribution in [2.75, 3.05) is 25.4 Å². The first kappa shape index (κ1) is 17.3. The minimum atomic E-state index is -0.287. The van der Waals surface area contributed by atoms with Crippen molar-refractivity contribution >= 4 is 28.5 Å². The number of nitrogens with zero attached hydrogens (tertiary/aromatic N) is 5. The highest BCUT2D eigenvalue weighted by Crippen LogP contribution is 2.29. The molecule has 9 heteroatoms. The van der Waals surface area contributed by atoms with Gasteiger partial charge in [-0.15, -0.1) is 0 Å². The number of aliphatic hydroxyl groups is 1. The molecule has 0 radical (unpaired) electrons. The Kier molecular flexibility index (Phi) is 4.56. The lowest BCUT2D eigenvalue weighted by molar-refractivity contribution is 0.0996. The number of hydrogen-bond acceptors (Lipinski definition) is 6. The van der Waals surface area contributed by atoms with Gasteiger partial charge in [0.25, 0.3) is 0 Å². The molecule has 4 heterocycles. The van der Waals surface area contributed by atoms with Crippen molar-refractivity contribution < 1.29 is 5.11 Å². The van der Waals surface area contributed by atoms with E-state index in [1.54, 1.807) is 6.20 Å². The Balaban J connectivity index is 1.51. The molecule has 4 N–H and O–H groups in total. The zero-order chi connectivity index (χ0) is 18.3. The van der Waals surface area contributed by atoms with Gasteiger partial charge in [0, 0.05) is 25.8 Å². The number of aromatic nitrogens is 5. The number of imidazole rings is 1. The average Bonchev–Trinajstić information content (AvgIpc) is 3.25. The van der Waals surface area contributed by atoms with Crippen molar-refractivity contribution in [2.45, 2.75) is 31.9 Å². The molecular weight excluding hydrogens is 354 g/mol. The minimum absolute atomic E-state index is 0.287. The van der Waals surface area contributed by atoms with Crippen molar-refractivity contribution in [3.8, 4) is 11.4 Å². The molecule has 0 amide bonds. The van der Waals surface area contributed by atoms with Crippen LogP contribution in [0.15, 0.2) is 18.6 Å². The number of anilines is 1. The number of β-amino-alcohol motifs (C(OH)–C–C–N with tert-alkyl or cyclic N) is 1. The zero-order valence-corrected chi connectivity index (χ0v) is 15.3. The lowest BCUT2D eigenvalue weighted by Crippen LogP contribution is -2.38. The van der Waals surface area contributed by atoms with Gasteiger partial charge in [0.2, 0.25) is 0 Å². The van der Waals surface area contributed by atoms with E-state index in [0.717, 1.165) is 38.0 Å². The Hall–Kier alpha value is -2.16. The molecule has 1 atom stereocenters. The monoisotopic (exact) mass is 375 g/mol. The van der Waals surface area contributed by atoms with Crippen LogP contribution in [0.3, 0.4) is 0 Å². The molecule has 3 aromatic rings. The van der Waals surface area contributed by atoms with E-state index in [4.69, 9.17) is 17.3 Å². The van der Waals surface area contributed by atoms with Gasteiger partial charge in [0.1, 0.15) is 11.3 Å². The molecule has 0 bridgehead atoms. The van der Waals surface area contributed by atoms with Crippen LogP contribution in [0.1, 0.15) is 25.8 Å². The number of halogens is 1. The normalized spacial score (nSPS) is 17.8. The summed E-state index contributed by atoms with van der Waals surface area (Å²) in [5.74, 6) is 0.680. The fourth-order valence-electron chi connectivity index (χ4n) is 3.49. The number of nitrogens with one attached hydrogen (secondary N) is 1. The van der Waals surface area contributed by atoms with Crippen LogP contribution in [-0.4, -0.2) is 60.5 Å². The van der Waals surface area contributed by atoms with Gasteiger partial charge < -0.3 is 20.7 Å². The van der Waals surface area contributed by atoms with Crippen LogP contribution in [0, 0.1) is 0 Å². The number of fused-ring (bicyclic) bond motifs is 1. The molecule has 1 fully saturated rings. The van der Waals surface area contributed by atoms with E-state index < -0.39 is 0 Å². The minimum Gasteiger partial charge on any atom is -0.396 e. The van der Waals surface area contributed by atoms with Crippen LogP contribution in [0.4, 0.5) is 5.69 Å². The lowest BCUT2D eigenvalue weighted by atomic mass is 10.1. The largest absolute Gasteiger partial charge is 0.396 e. The number of nitrogen functional groups attached to an aromatic ring is 1. The van der Waals surface area contributed by atoms with Crippen molar-refractivity contribution in [3.63, 3.8) is 0 Å². The second-order valence-corrected chi connectivity index (χ2v) is 7.30. The van der Waals surface area contributed by atoms with Crippen molar-refractivity contribution in [1.29, 1.82) is 0 Å². The van der Waals surface area contributed by atoms with E-state index in [9.17, 15) is 5.11 Å². The molecule has 8 nitrogen and oxygen atoms in total. The molecule has 1 aliphatic heterocycles. The third-order valence-corrected chi connectivity index (χ3v) is 5.14. The van der Waals surface area contributed by atoms with Crippen molar-refractivity contribution in [1.82, 2.24) is 29.6 Å². The van der Waals surface area contributed by atoms with Crippen LogP contribution >= 0.6 is 11.6 Å². The summed E-state index contributed by atoms with van der Waals surface area (Å²) in [6, 6.07) is 0.357. The first-order valence-electron chi connectivity index (χ1n) is 8.76. The predicted molar refractivity (Wildman–Crippen MR) is 101 cm³/mol. The van der Waals surface area contributed by atoms with Crippen LogP contribution < -0.4 is 5.73 Å². The Labute approximate surface area is 156 Å². The summed E-state index contributed by atoms with van der Waals surface area (Å²) in [6.07, 6.45) is 7.05. The summed E-state index contributed by atoms with van der Waals surface area (Å²) in [6.45, 7) is 4.49. The molecule has 138 valence electrons. The van der Waals surface area contributed by atoms with Crippen LogP contribution in [0.5, 0.6) is 0 Å². The molecule has 4 rings (SSSR count). The van der Waals surface area contributed by atoms with Gasteiger partial charge >= 0.3 is 0 Å². The van der Waals surface area contributed by atoms with Gasteiger partial charge in [0.15, 0.2) is 5.65 Å². The number of rotatable bonds is 4. The Morgan fingerprint density at radius 3 is 2.88 bits per heavy atom. The van der Waals surface area contributed by atoms with Gasteiger partial charge in [-0.25, -0.2) is 9.97 Å². The number of aromatic amines is 1. The first-order chi connectivity index (χ1) is 12.5. The molecule has 1 unspecified atom stereocenters. The van der Waals surface area contributed by atoms with E-state index >= 15 is 0 Å².